The second-order valence-corrected chi connectivity index (χ2v) is 11.7. The molecule has 0 spiro atoms. The van der Waals surface area contributed by atoms with Gasteiger partial charge in [-0.2, -0.15) is 0 Å². The Balaban J connectivity index is 1.90. The molecule has 3 aliphatic carbocycles. The number of phenols is 1. The minimum absolute atomic E-state index is 0.0508. The molecule has 0 amide bonds. The zero-order valence-corrected chi connectivity index (χ0v) is 22.3. The summed E-state index contributed by atoms with van der Waals surface area (Å²) in [4.78, 5) is 40.2. The lowest BCUT2D eigenvalue weighted by Gasteiger charge is -2.59. The van der Waals surface area contributed by atoms with Gasteiger partial charge in [0.1, 0.15) is 17.3 Å². The maximum Gasteiger partial charge on any atom is 0.311 e. The predicted molar refractivity (Wildman–Crippen MR) is 135 cm³/mol. The second kappa shape index (κ2) is 11.2. The van der Waals surface area contributed by atoms with Crippen LogP contribution in [0.2, 0.25) is 0 Å². The summed E-state index contributed by atoms with van der Waals surface area (Å²) < 4.78 is 5.80. The van der Waals surface area contributed by atoms with Crippen LogP contribution in [-0.2, 0) is 19.8 Å². The number of nitrogens with zero attached hydrogens (tertiary/aromatic N) is 1. The van der Waals surface area contributed by atoms with Crippen molar-refractivity contribution in [3.8, 4) is 11.5 Å². The van der Waals surface area contributed by atoms with E-state index in [9.17, 15) is 24.8 Å². The van der Waals surface area contributed by atoms with E-state index >= 15 is 0 Å². The van der Waals surface area contributed by atoms with Gasteiger partial charge in [0.2, 0.25) is 0 Å². The van der Waals surface area contributed by atoms with E-state index in [1.54, 1.807) is 6.07 Å². The topological polar surface area (TPSA) is 116 Å². The second-order valence-electron chi connectivity index (χ2n) is 11.7. The van der Waals surface area contributed by atoms with Crippen LogP contribution in [0.5, 0.6) is 11.5 Å². The minimum Gasteiger partial charge on any atom is -0.508 e. The van der Waals surface area contributed by atoms with E-state index in [1.807, 2.05) is 6.07 Å². The van der Waals surface area contributed by atoms with Crippen molar-refractivity contribution in [1.82, 2.24) is 0 Å². The van der Waals surface area contributed by atoms with Gasteiger partial charge in [0.15, 0.2) is 0 Å². The molecule has 3 aliphatic rings. The van der Waals surface area contributed by atoms with Gasteiger partial charge in [-0.05, 0) is 53.7 Å². The smallest absolute Gasteiger partial charge is 0.311 e. The molecule has 0 unspecified atom stereocenters. The maximum atomic E-state index is 12.8. The monoisotopic (exact) mass is 503 g/mol. The normalized spacial score (nSPS) is 22.6. The van der Waals surface area contributed by atoms with Gasteiger partial charge in [0.25, 0.3) is 5.09 Å². The molecule has 8 nitrogen and oxygen atoms in total. The number of aromatic hydroxyl groups is 1. The molecule has 200 valence electrons. The standard InChI is InChI=1S/C28H41NO7/c1-6-7-8-9-12-27(2,3)18-14-23(31)26(19-16-22(30)21-17-20(19)28(21,4)5)24(15-18)36-25(32)11-10-13-35-29(33)34/h14-15,19-21,31H,6-13,16-17H2,1-5H3/t19-,20+,21+/m0/s1. The number of esters is 1. The Kier molecular flexibility index (Phi) is 8.67. The average molecular weight is 504 g/mol. The number of phenolic OH excluding ortho intramolecular Hbond substituents is 1. The van der Waals surface area contributed by atoms with Crippen molar-refractivity contribution in [2.24, 2.45) is 17.3 Å². The Labute approximate surface area is 213 Å². The number of ether oxygens (including phenoxy) is 1. The SMILES string of the molecule is CCCCCCC(C)(C)c1cc(O)c([C@H]2CC(=O)[C@H]3C[C@H]2C3(C)C)c(OC(=O)CCCO[N+](=O)[O-])c1. The quantitative estimate of drug-likeness (QED) is 0.111. The largest absolute Gasteiger partial charge is 0.508 e. The van der Waals surface area contributed by atoms with Crippen LogP contribution in [0.15, 0.2) is 12.1 Å². The molecule has 8 heteroatoms. The van der Waals surface area contributed by atoms with Gasteiger partial charge in [-0.1, -0.05) is 60.3 Å². The Morgan fingerprint density at radius 1 is 1.22 bits per heavy atom. The number of fused-ring (bicyclic) bond motifs is 2. The third kappa shape index (κ3) is 6.01. The number of carbonyl (C=O) groups is 2. The predicted octanol–water partition coefficient (Wildman–Crippen LogP) is 6.25. The highest BCUT2D eigenvalue weighted by Gasteiger charge is 2.59. The number of hydrogen-bond donors (Lipinski definition) is 1. The molecule has 2 bridgehead atoms. The summed E-state index contributed by atoms with van der Waals surface area (Å²) in [5, 5.41) is 20.8. The number of hydrogen-bond acceptors (Lipinski definition) is 7. The summed E-state index contributed by atoms with van der Waals surface area (Å²) in [6.07, 6.45) is 6.65. The fourth-order valence-corrected chi connectivity index (χ4v) is 6.12. The molecule has 1 N–H and O–H groups in total. The van der Waals surface area contributed by atoms with Crippen LogP contribution in [0, 0.1) is 27.4 Å². The average Bonchev–Trinajstić information content (AvgIpc) is 2.78. The first-order valence-corrected chi connectivity index (χ1v) is 13.3. The van der Waals surface area contributed by atoms with Gasteiger partial charge in [-0.3, -0.25) is 9.59 Å². The van der Waals surface area contributed by atoms with Crippen molar-refractivity contribution in [3.63, 3.8) is 0 Å². The lowest BCUT2D eigenvalue weighted by molar-refractivity contribution is -0.757. The Morgan fingerprint density at radius 3 is 2.56 bits per heavy atom. The Hall–Kier alpha value is -2.64. The lowest BCUT2D eigenvalue weighted by Crippen LogP contribution is -2.56. The van der Waals surface area contributed by atoms with Crippen LogP contribution >= 0.6 is 0 Å². The summed E-state index contributed by atoms with van der Waals surface area (Å²) >= 11 is 0. The fourth-order valence-electron chi connectivity index (χ4n) is 6.12. The third-order valence-electron chi connectivity index (χ3n) is 8.51. The van der Waals surface area contributed by atoms with Gasteiger partial charge >= 0.3 is 5.97 Å². The van der Waals surface area contributed by atoms with Crippen LogP contribution in [0.4, 0.5) is 0 Å². The Morgan fingerprint density at radius 2 is 1.94 bits per heavy atom. The molecule has 0 heterocycles. The van der Waals surface area contributed by atoms with Crippen LogP contribution in [0.1, 0.15) is 109 Å². The van der Waals surface area contributed by atoms with E-state index in [-0.39, 0.29) is 59.6 Å². The summed E-state index contributed by atoms with van der Waals surface area (Å²) in [5.41, 5.74) is 1.01. The molecule has 3 saturated carbocycles. The first-order valence-electron chi connectivity index (χ1n) is 13.3. The highest BCUT2D eigenvalue weighted by molar-refractivity contribution is 5.86. The number of unbranched alkanes of at least 4 members (excludes halogenated alkanes) is 3. The molecule has 1 aromatic rings. The summed E-state index contributed by atoms with van der Waals surface area (Å²) in [5.74, 6) is 0.0489. The summed E-state index contributed by atoms with van der Waals surface area (Å²) in [6.45, 7) is 10.4. The van der Waals surface area contributed by atoms with E-state index in [0.717, 1.165) is 37.7 Å². The van der Waals surface area contributed by atoms with Crippen LogP contribution in [-0.4, -0.2) is 28.6 Å². The van der Waals surface area contributed by atoms with Gasteiger partial charge in [-0.25, -0.2) is 0 Å². The van der Waals surface area contributed by atoms with E-state index in [0.29, 0.717) is 17.7 Å². The van der Waals surface area contributed by atoms with Crippen molar-refractivity contribution in [2.45, 2.75) is 104 Å². The maximum absolute atomic E-state index is 12.8. The van der Waals surface area contributed by atoms with Gasteiger partial charge in [0, 0.05) is 30.2 Å². The highest BCUT2D eigenvalue weighted by atomic mass is 16.9. The molecule has 36 heavy (non-hydrogen) atoms. The molecule has 0 saturated heterocycles. The molecule has 3 fully saturated rings. The van der Waals surface area contributed by atoms with Crippen molar-refractivity contribution in [3.05, 3.63) is 33.4 Å². The van der Waals surface area contributed by atoms with Gasteiger partial charge in [0.05, 0.1) is 6.61 Å². The van der Waals surface area contributed by atoms with Crippen LogP contribution in [0.25, 0.3) is 0 Å². The zero-order valence-electron chi connectivity index (χ0n) is 22.3. The number of rotatable bonds is 13. The lowest BCUT2D eigenvalue weighted by atomic mass is 9.44. The number of Topliss-reactive ketones (excluding diaryl/α,β-unsaturated/α-hetero) is 1. The Bertz CT molecular complexity index is 984. The van der Waals surface area contributed by atoms with Crippen molar-refractivity contribution in [2.75, 3.05) is 6.61 Å². The van der Waals surface area contributed by atoms with Gasteiger partial charge in [-0.15, -0.1) is 10.1 Å². The molecule has 3 atom stereocenters. The van der Waals surface area contributed by atoms with Crippen LogP contribution < -0.4 is 4.74 Å². The molecule has 0 aromatic heterocycles. The van der Waals surface area contributed by atoms with E-state index in [1.165, 1.54) is 6.42 Å². The molecular formula is C28H41NO7. The van der Waals surface area contributed by atoms with E-state index in [4.69, 9.17) is 4.74 Å². The minimum atomic E-state index is -0.888. The first-order chi connectivity index (χ1) is 16.9. The fraction of sp³-hybridized carbons (Fsp3) is 0.714. The molecule has 0 aliphatic heterocycles. The van der Waals surface area contributed by atoms with Crippen molar-refractivity contribution < 1.29 is 29.4 Å². The number of carbonyl (C=O) groups excluding carboxylic acids is 2. The molecule has 0 radical (unpaired) electrons. The van der Waals surface area contributed by atoms with Crippen molar-refractivity contribution >= 4 is 11.8 Å². The van der Waals surface area contributed by atoms with Crippen LogP contribution in [0.3, 0.4) is 0 Å². The molecular weight excluding hydrogens is 462 g/mol. The molecule has 1 aromatic carbocycles. The zero-order chi connectivity index (χ0) is 26.7. The first kappa shape index (κ1) is 27.9. The number of ketones is 1. The summed E-state index contributed by atoms with van der Waals surface area (Å²) in [7, 11) is 0. The highest BCUT2D eigenvalue weighted by Crippen LogP contribution is 2.64. The third-order valence-corrected chi connectivity index (χ3v) is 8.51. The van der Waals surface area contributed by atoms with Gasteiger partial charge < -0.3 is 14.7 Å². The van der Waals surface area contributed by atoms with E-state index < -0.39 is 11.1 Å². The molecule has 4 rings (SSSR count). The van der Waals surface area contributed by atoms with E-state index in [2.05, 4.69) is 39.5 Å². The summed E-state index contributed by atoms with van der Waals surface area (Å²) in [6, 6.07) is 3.63. The number of benzene rings is 1. The van der Waals surface area contributed by atoms with Crippen molar-refractivity contribution in [1.29, 1.82) is 0 Å².